The van der Waals surface area contributed by atoms with Gasteiger partial charge in [0.15, 0.2) is 0 Å². The number of nitriles is 1. The predicted molar refractivity (Wildman–Crippen MR) is 180 cm³/mol. The monoisotopic (exact) mass is 702 g/mol. The van der Waals surface area contributed by atoms with Gasteiger partial charge in [-0.2, -0.15) is 18.4 Å². The van der Waals surface area contributed by atoms with Crippen LogP contribution in [0.4, 0.5) is 24.8 Å². The second-order valence-corrected chi connectivity index (χ2v) is 15.0. The van der Waals surface area contributed by atoms with Gasteiger partial charge in [0.1, 0.15) is 24.0 Å². The van der Waals surface area contributed by atoms with Gasteiger partial charge in [0.25, 0.3) is 5.91 Å². The fraction of sp³-hybridized carbons (Fsp3) is 0.441. The Hall–Kier alpha value is -4.39. The summed E-state index contributed by atoms with van der Waals surface area (Å²) < 4.78 is 72.3. The summed E-state index contributed by atoms with van der Waals surface area (Å²) in [6.07, 6.45) is -4.73. The van der Waals surface area contributed by atoms with Gasteiger partial charge in [0, 0.05) is 32.2 Å². The number of carbonyl (C=O) groups excluding carboxylic acids is 1. The van der Waals surface area contributed by atoms with Gasteiger partial charge in [-0.3, -0.25) is 9.10 Å². The number of halogens is 3. The molecule has 3 aromatic rings. The highest BCUT2D eigenvalue weighted by molar-refractivity contribution is 7.93. The molecule has 1 aliphatic carbocycles. The quantitative estimate of drug-likeness (QED) is 0.168. The number of rotatable bonds is 16. The van der Waals surface area contributed by atoms with E-state index in [4.69, 9.17) is 10.00 Å². The number of hydrogen-bond donors (Lipinski definition) is 4. The molecule has 0 aliphatic heterocycles. The number of aliphatic hydroxyl groups is 1. The molecule has 1 saturated carbocycles. The van der Waals surface area contributed by atoms with E-state index in [2.05, 4.69) is 27.9 Å². The topological polar surface area (TPSA) is 157 Å². The third-order valence-corrected chi connectivity index (χ3v) is 10.5. The number of nitrogens with zero attached hydrogens (tertiary/aromatic N) is 3. The van der Waals surface area contributed by atoms with Crippen LogP contribution in [-0.2, 0) is 22.7 Å². The molecule has 4 N–H and O–H groups in total. The van der Waals surface area contributed by atoms with Crippen molar-refractivity contribution in [3.8, 4) is 11.8 Å². The van der Waals surface area contributed by atoms with Crippen LogP contribution in [-0.4, -0.2) is 68.6 Å². The van der Waals surface area contributed by atoms with E-state index in [-0.39, 0.29) is 31.1 Å². The number of pyridine rings is 1. The molecule has 1 aromatic heterocycles. The summed E-state index contributed by atoms with van der Waals surface area (Å²) in [6, 6.07) is 14.8. The van der Waals surface area contributed by atoms with E-state index >= 15 is 0 Å². The normalized spacial score (nSPS) is 17.1. The molecular weight excluding hydrogens is 661 g/mol. The molecule has 0 unspecified atom stereocenters. The molecule has 1 fully saturated rings. The first-order chi connectivity index (χ1) is 23.1. The largest absolute Gasteiger partial charge is 0.491 e. The summed E-state index contributed by atoms with van der Waals surface area (Å²) in [5.74, 6) is 1.04. The summed E-state index contributed by atoms with van der Waals surface area (Å²) in [5, 5.41) is 28.4. The second kappa shape index (κ2) is 15.9. The van der Waals surface area contributed by atoms with Gasteiger partial charge in [-0.1, -0.05) is 25.1 Å². The first-order valence-electron chi connectivity index (χ1n) is 15.8. The van der Waals surface area contributed by atoms with Crippen molar-refractivity contribution in [1.82, 2.24) is 15.6 Å². The van der Waals surface area contributed by atoms with E-state index in [1.807, 2.05) is 6.07 Å². The van der Waals surface area contributed by atoms with Crippen LogP contribution in [0.15, 0.2) is 60.7 Å². The molecule has 4 atom stereocenters. The van der Waals surface area contributed by atoms with E-state index in [9.17, 15) is 31.5 Å². The zero-order valence-electron chi connectivity index (χ0n) is 27.7. The van der Waals surface area contributed by atoms with Gasteiger partial charge in [0.2, 0.25) is 10.0 Å². The van der Waals surface area contributed by atoms with Gasteiger partial charge < -0.3 is 25.8 Å². The Morgan fingerprint density at radius 2 is 1.86 bits per heavy atom. The van der Waals surface area contributed by atoms with Crippen molar-refractivity contribution in [2.75, 3.05) is 36.4 Å². The number of anilines is 2. The molecule has 0 radical (unpaired) electrons. The van der Waals surface area contributed by atoms with Crippen LogP contribution in [0.25, 0.3) is 0 Å². The second-order valence-electron chi connectivity index (χ2n) is 12.4. The van der Waals surface area contributed by atoms with Crippen LogP contribution >= 0.6 is 0 Å². The van der Waals surface area contributed by atoms with E-state index in [1.54, 1.807) is 24.3 Å². The predicted octanol–water partition coefficient (Wildman–Crippen LogP) is 4.54. The lowest BCUT2D eigenvalue weighted by molar-refractivity contribution is -0.137. The molecular formula is C34H41F3N6O5S. The van der Waals surface area contributed by atoms with Gasteiger partial charge >= 0.3 is 6.18 Å². The Bertz CT molecular complexity index is 1750. The van der Waals surface area contributed by atoms with Crippen molar-refractivity contribution in [2.24, 2.45) is 11.8 Å². The number of amides is 1. The number of aromatic nitrogens is 1. The molecule has 11 nitrogen and oxygen atoms in total. The zero-order valence-corrected chi connectivity index (χ0v) is 28.5. The van der Waals surface area contributed by atoms with Crippen molar-refractivity contribution in [3.63, 3.8) is 0 Å². The molecule has 49 heavy (non-hydrogen) atoms. The molecule has 1 amide bonds. The van der Waals surface area contributed by atoms with Crippen molar-refractivity contribution in [1.29, 1.82) is 5.26 Å². The zero-order chi connectivity index (χ0) is 35.9. The number of aliphatic hydroxyl groups excluding tert-OH is 1. The summed E-state index contributed by atoms with van der Waals surface area (Å²) >= 11 is 0. The minimum absolute atomic E-state index is 0.0111. The van der Waals surface area contributed by atoms with Crippen molar-refractivity contribution >= 4 is 27.6 Å². The first kappa shape index (κ1) is 37.4. The van der Waals surface area contributed by atoms with E-state index in [0.29, 0.717) is 41.1 Å². The smallest absolute Gasteiger partial charge is 0.416 e. The van der Waals surface area contributed by atoms with Crippen LogP contribution in [0.2, 0.25) is 0 Å². The number of benzene rings is 2. The van der Waals surface area contributed by atoms with E-state index < -0.39 is 45.1 Å². The highest BCUT2D eigenvalue weighted by atomic mass is 32.2. The Morgan fingerprint density at radius 3 is 2.47 bits per heavy atom. The number of sulfonamides is 1. The van der Waals surface area contributed by atoms with Crippen molar-refractivity contribution < 1.29 is 36.2 Å². The van der Waals surface area contributed by atoms with Crippen LogP contribution in [0.3, 0.4) is 0 Å². The fourth-order valence-electron chi connectivity index (χ4n) is 4.94. The molecule has 15 heteroatoms. The molecule has 264 valence electrons. The number of ether oxygens (including phenoxy) is 1. The lowest BCUT2D eigenvalue weighted by atomic mass is 10.1. The molecule has 1 aliphatic rings. The molecule has 0 bridgehead atoms. The Balaban J connectivity index is 1.54. The molecule has 1 heterocycles. The Labute approximate surface area is 284 Å². The standard InChI is InChI=1S/C34H41F3N6O5S/c1-21(2)49(46,47)43(4)32-15-25(14-31(42-32)40-18-26-12-22(26)3)33(45)41-29(20-48-28-10-8-23(16-38)9-11-28)30(44)19-39-17-24-6-5-7-27(13-24)34(35,36)37/h5-11,13-15,21-22,26,29-30,39,44H,12,17-20H2,1-4H3,(H,40,42)(H,41,45)/t22-,26+,29-,30+/m0/s1. The van der Waals surface area contributed by atoms with Crippen molar-refractivity contribution in [2.45, 2.75) is 57.3 Å². The maximum absolute atomic E-state index is 13.7. The molecule has 0 saturated heterocycles. The van der Waals surface area contributed by atoms with Gasteiger partial charge in [-0.25, -0.2) is 13.4 Å². The van der Waals surface area contributed by atoms with Gasteiger partial charge in [-0.05, 0) is 80.1 Å². The highest BCUT2D eigenvalue weighted by Gasteiger charge is 2.33. The van der Waals surface area contributed by atoms with E-state index in [1.165, 1.54) is 45.2 Å². The fourth-order valence-corrected chi connectivity index (χ4v) is 5.93. The Morgan fingerprint density at radius 1 is 1.16 bits per heavy atom. The average molecular weight is 703 g/mol. The number of carbonyl (C=O) groups is 1. The summed E-state index contributed by atoms with van der Waals surface area (Å²) in [6.45, 7) is 5.47. The third-order valence-electron chi connectivity index (χ3n) is 8.33. The summed E-state index contributed by atoms with van der Waals surface area (Å²) in [4.78, 5) is 18.2. The summed E-state index contributed by atoms with van der Waals surface area (Å²) in [5.41, 5.74) is 0.0448. The number of hydrogen-bond acceptors (Lipinski definition) is 9. The first-order valence-corrected chi connectivity index (χ1v) is 17.3. The van der Waals surface area contributed by atoms with Crippen LogP contribution in [0.5, 0.6) is 5.75 Å². The van der Waals surface area contributed by atoms with Crippen molar-refractivity contribution in [3.05, 3.63) is 82.9 Å². The lowest BCUT2D eigenvalue weighted by Gasteiger charge is -2.26. The molecule has 2 aromatic carbocycles. The van der Waals surface area contributed by atoms with E-state index in [0.717, 1.165) is 22.9 Å². The summed E-state index contributed by atoms with van der Waals surface area (Å²) in [7, 11) is -2.42. The minimum Gasteiger partial charge on any atom is -0.491 e. The third kappa shape index (κ3) is 10.3. The minimum atomic E-state index is -4.50. The van der Waals surface area contributed by atoms with Gasteiger partial charge in [-0.15, -0.1) is 0 Å². The Kier molecular flexibility index (Phi) is 12.1. The van der Waals surface area contributed by atoms with Crippen LogP contribution < -0.4 is 25.0 Å². The molecule has 0 spiro atoms. The number of alkyl halides is 3. The SMILES string of the molecule is CC(C)S(=O)(=O)N(C)c1cc(C(=O)N[C@@H](COc2ccc(C#N)cc2)[C@H](O)CNCc2cccc(C(F)(F)F)c2)cc(NC[C@H]2C[C@@H]2C)n1. The average Bonchev–Trinajstić information content (AvgIpc) is 3.79. The highest BCUT2D eigenvalue weighted by Crippen LogP contribution is 2.37. The van der Waals surface area contributed by atoms with Crippen LogP contribution in [0, 0.1) is 23.2 Å². The maximum Gasteiger partial charge on any atom is 0.416 e. The molecule has 4 rings (SSSR count). The lowest BCUT2D eigenvalue weighted by Crippen LogP contribution is -2.50. The van der Waals surface area contributed by atoms with Crippen LogP contribution in [0.1, 0.15) is 54.2 Å². The maximum atomic E-state index is 13.7. The number of nitrogens with one attached hydrogen (secondary N) is 3. The van der Waals surface area contributed by atoms with Gasteiger partial charge in [0.05, 0.1) is 34.6 Å².